The number of hydrogen-bond acceptors (Lipinski definition) is 1. The van der Waals surface area contributed by atoms with Gasteiger partial charge in [-0.2, -0.15) is 13.2 Å². The van der Waals surface area contributed by atoms with E-state index in [0.717, 1.165) is 12.8 Å². The molecule has 0 aromatic heterocycles. The van der Waals surface area contributed by atoms with Gasteiger partial charge < -0.3 is 5.32 Å². The smallest absolute Gasteiger partial charge is 0.314 e. The Morgan fingerprint density at radius 2 is 1.69 bits per heavy atom. The summed E-state index contributed by atoms with van der Waals surface area (Å²) in [5, 5.41) is 3.09. The Bertz CT molecular complexity index is 119. The third kappa shape index (κ3) is 8.09. The molecule has 0 radical (unpaired) electrons. The number of nitrogens with one attached hydrogen (secondary N) is 1. The molecule has 1 nitrogen and oxygen atoms in total. The number of alkyl halides is 3. The molecular weight excluding hydrogens is 179 g/mol. The molecule has 4 heteroatoms. The van der Waals surface area contributed by atoms with Crippen molar-refractivity contribution in [1.82, 2.24) is 5.32 Å². The molecule has 0 aromatic rings. The van der Waals surface area contributed by atoms with Gasteiger partial charge in [-0.05, 0) is 25.8 Å². The molecule has 0 amide bonds. The summed E-state index contributed by atoms with van der Waals surface area (Å²) in [6.07, 6.45) is -2.55. The minimum atomic E-state index is -4.00. The van der Waals surface area contributed by atoms with Crippen LogP contribution in [0, 0.1) is 0 Å². The maximum Gasteiger partial charge on any atom is 0.389 e. The normalized spacial score (nSPS) is 12.5. The fraction of sp³-hybridized carbons (Fsp3) is 1.00. The molecule has 0 aromatic carbocycles. The van der Waals surface area contributed by atoms with Gasteiger partial charge in [-0.15, -0.1) is 0 Å². The van der Waals surface area contributed by atoms with Crippen molar-refractivity contribution < 1.29 is 13.2 Å². The average Bonchev–Trinajstić information content (AvgIpc) is 2.03. The Balaban J connectivity index is 3.34. The highest BCUT2D eigenvalue weighted by Gasteiger charge is 2.25. The molecule has 0 spiro atoms. The first-order valence-electron chi connectivity index (χ1n) is 4.79. The zero-order valence-corrected chi connectivity index (χ0v) is 8.25. The highest BCUT2D eigenvalue weighted by molar-refractivity contribution is 4.62. The second kappa shape index (κ2) is 6.24. The van der Waals surface area contributed by atoms with Gasteiger partial charge in [-0.3, -0.25) is 0 Å². The molecule has 0 heterocycles. The second-order valence-electron chi connectivity index (χ2n) is 3.19. The molecule has 0 aliphatic carbocycles. The number of hydrogen-bond donors (Lipinski definition) is 1. The largest absolute Gasteiger partial charge is 0.389 e. The fourth-order valence-electron chi connectivity index (χ4n) is 1.17. The summed E-state index contributed by atoms with van der Waals surface area (Å²) in [4.78, 5) is 0. The van der Waals surface area contributed by atoms with E-state index in [1.165, 1.54) is 0 Å². The first-order valence-corrected chi connectivity index (χ1v) is 4.79. The molecular formula is C9H18F3N. The van der Waals surface area contributed by atoms with Crippen LogP contribution in [0.25, 0.3) is 0 Å². The van der Waals surface area contributed by atoms with E-state index in [9.17, 15) is 13.2 Å². The van der Waals surface area contributed by atoms with E-state index in [4.69, 9.17) is 0 Å². The number of rotatable bonds is 6. The Labute approximate surface area is 77.7 Å². The first kappa shape index (κ1) is 12.8. The molecule has 0 aliphatic heterocycles. The van der Waals surface area contributed by atoms with Crippen LogP contribution in [0.4, 0.5) is 13.2 Å². The molecule has 0 bridgehead atoms. The second-order valence-corrected chi connectivity index (χ2v) is 3.19. The Kier molecular flexibility index (Phi) is 6.12. The lowest BCUT2D eigenvalue weighted by atomic mass is 10.1. The van der Waals surface area contributed by atoms with Gasteiger partial charge in [0.15, 0.2) is 0 Å². The van der Waals surface area contributed by atoms with E-state index in [1.807, 2.05) is 13.8 Å². The van der Waals surface area contributed by atoms with Crippen molar-refractivity contribution in [3.63, 3.8) is 0 Å². The van der Waals surface area contributed by atoms with Crippen LogP contribution < -0.4 is 5.32 Å². The zero-order chi connectivity index (χ0) is 10.3. The maximum absolute atomic E-state index is 11.7. The monoisotopic (exact) mass is 197 g/mol. The van der Waals surface area contributed by atoms with E-state index in [1.54, 1.807) is 0 Å². The summed E-state index contributed by atoms with van der Waals surface area (Å²) in [7, 11) is 0. The molecule has 1 N–H and O–H groups in total. The van der Waals surface area contributed by atoms with Crippen molar-refractivity contribution in [1.29, 1.82) is 0 Å². The van der Waals surface area contributed by atoms with Gasteiger partial charge in [0.05, 0.1) is 0 Å². The van der Waals surface area contributed by atoms with Crippen LogP contribution in [0.1, 0.15) is 39.5 Å². The van der Waals surface area contributed by atoms with Gasteiger partial charge in [-0.25, -0.2) is 0 Å². The third-order valence-corrected chi connectivity index (χ3v) is 2.06. The van der Waals surface area contributed by atoms with Gasteiger partial charge >= 0.3 is 6.18 Å². The van der Waals surface area contributed by atoms with E-state index in [0.29, 0.717) is 12.6 Å². The average molecular weight is 197 g/mol. The van der Waals surface area contributed by atoms with E-state index < -0.39 is 12.6 Å². The lowest BCUT2D eigenvalue weighted by Gasteiger charge is -2.14. The first-order chi connectivity index (χ1) is 5.99. The van der Waals surface area contributed by atoms with Crippen LogP contribution in [0.2, 0.25) is 0 Å². The molecule has 0 fully saturated rings. The number of halogens is 3. The van der Waals surface area contributed by atoms with Crippen molar-refractivity contribution >= 4 is 0 Å². The Morgan fingerprint density at radius 3 is 2.08 bits per heavy atom. The van der Waals surface area contributed by atoms with Gasteiger partial charge in [-0.1, -0.05) is 13.8 Å². The summed E-state index contributed by atoms with van der Waals surface area (Å²) < 4.78 is 35.1. The standard InChI is InChI=1S/C9H18F3N/c1-3-8(4-2)13-7-5-6-9(10,11)12/h8,13H,3-7H2,1-2H3. The summed E-state index contributed by atoms with van der Waals surface area (Å²) in [6, 6.07) is 0.369. The molecule has 0 rings (SSSR count). The Hall–Kier alpha value is -0.250. The third-order valence-electron chi connectivity index (χ3n) is 2.06. The highest BCUT2D eigenvalue weighted by Crippen LogP contribution is 2.20. The van der Waals surface area contributed by atoms with Gasteiger partial charge in [0.1, 0.15) is 0 Å². The summed E-state index contributed by atoms with van der Waals surface area (Å²) >= 11 is 0. The molecule has 0 atom stereocenters. The minimum Gasteiger partial charge on any atom is -0.314 e. The maximum atomic E-state index is 11.7. The molecule has 0 aliphatic rings. The van der Waals surface area contributed by atoms with E-state index in [2.05, 4.69) is 5.32 Å². The molecule has 80 valence electrons. The van der Waals surface area contributed by atoms with Crippen molar-refractivity contribution in [2.24, 2.45) is 0 Å². The lowest BCUT2D eigenvalue weighted by molar-refractivity contribution is -0.135. The van der Waals surface area contributed by atoms with Gasteiger partial charge in [0.25, 0.3) is 0 Å². The molecule has 0 saturated carbocycles. The SMILES string of the molecule is CCC(CC)NCCCC(F)(F)F. The van der Waals surface area contributed by atoms with Crippen molar-refractivity contribution in [2.45, 2.75) is 51.7 Å². The topological polar surface area (TPSA) is 12.0 Å². The fourth-order valence-corrected chi connectivity index (χ4v) is 1.17. The predicted octanol–water partition coefficient (Wildman–Crippen LogP) is 3.11. The van der Waals surface area contributed by atoms with Crippen molar-refractivity contribution in [2.75, 3.05) is 6.54 Å². The van der Waals surface area contributed by atoms with Crippen LogP contribution in [-0.2, 0) is 0 Å². The summed E-state index contributed by atoms with van der Waals surface area (Å²) in [5.74, 6) is 0. The van der Waals surface area contributed by atoms with Gasteiger partial charge in [0.2, 0.25) is 0 Å². The van der Waals surface area contributed by atoms with E-state index >= 15 is 0 Å². The molecule has 13 heavy (non-hydrogen) atoms. The predicted molar refractivity (Wildman–Crippen MR) is 47.7 cm³/mol. The van der Waals surface area contributed by atoms with Crippen LogP contribution in [0.15, 0.2) is 0 Å². The minimum absolute atomic E-state index is 0.181. The van der Waals surface area contributed by atoms with Crippen molar-refractivity contribution in [3.8, 4) is 0 Å². The molecule has 0 unspecified atom stereocenters. The van der Waals surface area contributed by atoms with Crippen LogP contribution in [0.5, 0.6) is 0 Å². The summed E-state index contributed by atoms with van der Waals surface area (Å²) in [6.45, 7) is 4.53. The van der Waals surface area contributed by atoms with Crippen molar-refractivity contribution in [3.05, 3.63) is 0 Å². The van der Waals surface area contributed by atoms with Gasteiger partial charge in [0, 0.05) is 12.5 Å². The lowest BCUT2D eigenvalue weighted by Crippen LogP contribution is -2.29. The van der Waals surface area contributed by atoms with Crippen LogP contribution in [0.3, 0.4) is 0 Å². The Morgan fingerprint density at radius 1 is 1.15 bits per heavy atom. The highest BCUT2D eigenvalue weighted by atomic mass is 19.4. The van der Waals surface area contributed by atoms with Crippen LogP contribution >= 0.6 is 0 Å². The van der Waals surface area contributed by atoms with E-state index in [-0.39, 0.29) is 6.42 Å². The molecule has 0 saturated heterocycles. The quantitative estimate of drug-likeness (QED) is 0.645. The zero-order valence-electron chi connectivity index (χ0n) is 8.25. The summed E-state index contributed by atoms with van der Waals surface area (Å²) in [5.41, 5.74) is 0. The van der Waals surface area contributed by atoms with Crippen LogP contribution in [-0.4, -0.2) is 18.8 Å².